The van der Waals surface area contributed by atoms with E-state index in [0.717, 1.165) is 43.0 Å². The molecule has 0 bridgehead atoms. The van der Waals surface area contributed by atoms with Crippen LogP contribution in [0.1, 0.15) is 26.2 Å². The van der Waals surface area contributed by atoms with Gasteiger partial charge in [0.1, 0.15) is 0 Å². The van der Waals surface area contributed by atoms with Crippen molar-refractivity contribution in [2.24, 2.45) is 4.99 Å². The summed E-state index contributed by atoms with van der Waals surface area (Å²) in [7, 11) is 3.34. The van der Waals surface area contributed by atoms with Crippen LogP contribution in [0.5, 0.6) is 0 Å². The predicted molar refractivity (Wildman–Crippen MR) is 62.0 cm³/mol. The standard InChI is InChI=1S/C12H19NO2/c1-10-7-8-12(15-3)11(14-2)6-4-5-9-13-10/h6,8H,4-5,7,9H2,1-3H3/b11-6+,12-8+,13-10?. The largest absolute Gasteiger partial charge is 0.493 e. The number of rotatable bonds is 2. The summed E-state index contributed by atoms with van der Waals surface area (Å²) < 4.78 is 10.6. The van der Waals surface area contributed by atoms with E-state index in [1.807, 2.05) is 13.0 Å². The Hall–Kier alpha value is -1.25. The summed E-state index contributed by atoms with van der Waals surface area (Å²) in [5.41, 5.74) is 1.14. The molecule has 0 saturated carbocycles. The Morgan fingerprint density at radius 2 is 1.80 bits per heavy atom. The van der Waals surface area contributed by atoms with E-state index in [1.165, 1.54) is 0 Å². The average Bonchev–Trinajstić information content (AvgIpc) is 2.26. The van der Waals surface area contributed by atoms with E-state index < -0.39 is 0 Å². The molecule has 1 aliphatic heterocycles. The summed E-state index contributed by atoms with van der Waals surface area (Å²) in [6.45, 7) is 2.94. The van der Waals surface area contributed by atoms with Gasteiger partial charge in [-0.2, -0.15) is 0 Å². The molecular formula is C12H19NO2. The van der Waals surface area contributed by atoms with Crippen molar-refractivity contribution in [3.05, 3.63) is 23.7 Å². The number of allylic oxidation sites excluding steroid dienone is 2. The molecule has 84 valence electrons. The molecule has 0 aromatic rings. The van der Waals surface area contributed by atoms with Crippen LogP contribution < -0.4 is 0 Å². The molecule has 0 spiro atoms. The SMILES string of the molecule is COC1=C/CCCN=C(C)C/C=C\1OC. The molecular weight excluding hydrogens is 190 g/mol. The minimum atomic E-state index is 0.800. The van der Waals surface area contributed by atoms with E-state index in [9.17, 15) is 0 Å². The van der Waals surface area contributed by atoms with Gasteiger partial charge in [0.25, 0.3) is 0 Å². The van der Waals surface area contributed by atoms with Crippen LogP contribution in [0.15, 0.2) is 28.7 Å². The second kappa shape index (κ2) is 6.27. The molecule has 3 heteroatoms. The Labute approximate surface area is 91.5 Å². The lowest BCUT2D eigenvalue weighted by Gasteiger charge is -2.11. The molecule has 1 aliphatic rings. The Morgan fingerprint density at radius 1 is 1.13 bits per heavy atom. The van der Waals surface area contributed by atoms with Gasteiger partial charge in [-0.05, 0) is 31.9 Å². The molecule has 0 amide bonds. The first-order valence-corrected chi connectivity index (χ1v) is 5.26. The maximum Gasteiger partial charge on any atom is 0.156 e. The third kappa shape index (κ3) is 3.78. The van der Waals surface area contributed by atoms with Gasteiger partial charge >= 0.3 is 0 Å². The zero-order chi connectivity index (χ0) is 11.1. The van der Waals surface area contributed by atoms with Crippen LogP contribution in [-0.4, -0.2) is 26.5 Å². The van der Waals surface area contributed by atoms with Crippen molar-refractivity contribution in [2.45, 2.75) is 26.2 Å². The van der Waals surface area contributed by atoms with Crippen molar-refractivity contribution in [3.63, 3.8) is 0 Å². The quantitative estimate of drug-likeness (QED) is 0.700. The summed E-state index contributed by atoms with van der Waals surface area (Å²) >= 11 is 0. The molecule has 0 aromatic carbocycles. The Morgan fingerprint density at radius 3 is 2.47 bits per heavy atom. The summed E-state index contributed by atoms with van der Waals surface area (Å²) in [4.78, 5) is 4.45. The number of hydrogen-bond acceptors (Lipinski definition) is 3. The minimum Gasteiger partial charge on any atom is -0.493 e. The van der Waals surface area contributed by atoms with Crippen LogP contribution in [-0.2, 0) is 9.47 Å². The molecule has 0 saturated heterocycles. The first-order chi connectivity index (χ1) is 7.27. The number of hydrogen-bond donors (Lipinski definition) is 0. The van der Waals surface area contributed by atoms with Crippen molar-refractivity contribution in [3.8, 4) is 0 Å². The maximum absolute atomic E-state index is 5.29. The zero-order valence-electron chi connectivity index (χ0n) is 9.75. The Kier molecular flexibility index (Phi) is 4.95. The fraction of sp³-hybridized carbons (Fsp3) is 0.583. The van der Waals surface area contributed by atoms with Gasteiger partial charge in [-0.25, -0.2) is 0 Å². The predicted octanol–water partition coefficient (Wildman–Crippen LogP) is 2.69. The Bertz CT molecular complexity index is 290. The molecule has 3 nitrogen and oxygen atoms in total. The van der Waals surface area contributed by atoms with E-state index in [0.29, 0.717) is 0 Å². The van der Waals surface area contributed by atoms with E-state index >= 15 is 0 Å². The first-order valence-electron chi connectivity index (χ1n) is 5.26. The molecule has 0 aromatic heterocycles. The van der Waals surface area contributed by atoms with E-state index in [-0.39, 0.29) is 0 Å². The van der Waals surface area contributed by atoms with Gasteiger partial charge in [-0.3, -0.25) is 4.99 Å². The highest BCUT2D eigenvalue weighted by molar-refractivity contribution is 5.83. The molecule has 0 fully saturated rings. The van der Waals surface area contributed by atoms with Gasteiger partial charge in [0.05, 0.1) is 14.2 Å². The van der Waals surface area contributed by atoms with Crippen LogP contribution in [0.25, 0.3) is 0 Å². The second-order valence-electron chi connectivity index (χ2n) is 3.51. The first kappa shape index (κ1) is 11.8. The van der Waals surface area contributed by atoms with Crippen molar-refractivity contribution in [1.29, 1.82) is 0 Å². The molecule has 0 atom stereocenters. The molecule has 0 N–H and O–H groups in total. The van der Waals surface area contributed by atoms with E-state index in [2.05, 4.69) is 11.1 Å². The number of nitrogens with zero attached hydrogens (tertiary/aromatic N) is 1. The molecule has 0 unspecified atom stereocenters. The van der Waals surface area contributed by atoms with Crippen molar-refractivity contribution >= 4 is 5.71 Å². The molecule has 1 rings (SSSR count). The van der Waals surface area contributed by atoms with Crippen LogP contribution >= 0.6 is 0 Å². The van der Waals surface area contributed by atoms with Gasteiger partial charge in [0, 0.05) is 18.7 Å². The van der Waals surface area contributed by atoms with Crippen LogP contribution in [0.2, 0.25) is 0 Å². The molecule has 0 radical (unpaired) electrons. The highest BCUT2D eigenvalue weighted by atomic mass is 16.5. The normalized spacial score (nSPS) is 25.4. The van der Waals surface area contributed by atoms with Gasteiger partial charge in [-0.1, -0.05) is 0 Å². The lowest BCUT2D eigenvalue weighted by Crippen LogP contribution is -2.00. The molecule has 1 heterocycles. The highest BCUT2D eigenvalue weighted by Crippen LogP contribution is 2.15. The molecule has 15 heavy (non-hydrogen) atoms. The van der Waals surface area contributed by atoms with Gasteiger partial charge in [0.2, 0.25) is 0 Å². The van der Waals surface area contributed by atoms with Crippen LogP contribution in [0.4, 0.5) is 0 Å². The maximum atomic E-state index is 5.29. The number of methoxy groups -OCH3 is 2. The summed E-state index contributed by atoms with van der Waals surface area (Å²) in [6, 6.07) is 0. The number of aliphatic imine (C=N–C) groups is 1. The lowest BCUT2D eigenvalue weighted by molar-refractivity contribution is 0.218. The fourth-order valence-corrected chi connectivity index (χ4v) is 1.47. The van der Waals surface area contributed by atoms with Crippen LogP contribution in [0, 0.1) is 0 Å². The van der Waals surface area contributed by atoms with Gasteiger partial charge < -0.3 is 9.47 Å². The average molecular weight is 209 g/mol. The number of ether oxygens (including phenoxy) is 2. The Balaban J connectivity index is 2.86. The topological polar surface area (TPSA) is 30.8 Å². The highest BCUT2D eigenvalue weighted by Gasteiger charge is 2.06. The third-order valence-corrected chi connectivity index (χ3v) is 2.34. The third-order valence-electron chi connectivity index (χ3n) is 2.34. The summed E-state index contributed by atoms with van der Waals surface area (Å²) in [6.07, 6.45) is 6.93. The molecule has 0 aliphatic carbocycles. The van der Waals surface area contributed by atoms with Crippen molar-refractivity contribution in [1.82, 2.24) is 0 Å². The minimum absolute atomic E-state index is 0.800. The fourth-order valence-electron chi connectivity index (χ4n) is 1.47. The summed E-state index contributed by atoms with van der Waals surface area (Å²) in [5.74, 6) is 1.63. The van der Waals surface area contributed by atoms with E-state index in [4.69, 9.17) is 9.47 Å². The second-order valence-corrected chi connectivity index (χ2v) is 3.51. The smallest absolute Gasteiger partial charge is 0.156 e. The van der Waals surface area contributed by atoms with Crippen molar-refractivity contribution in [2.75, 3.05) is 20.8 Å². The van der Waals surface area contributed by atoms with Gasteiger partial charge in [-0.15, -0.1) is 0 Å². The monoisotopic (exact) mass is 209 g/mol. The van der Waals surface area contributed by atoms with E-state index in [1.54, 1.807) is 14.2 Å². The van der Waals surface area contributed by atoms with Gasteiger partial charge in [0.15, 0.2) is 11.5 Å². The lowest BCUT2D eigenvalue weighted by atomic mass is 10.2. The van der Waals surface area contributed by atoms with Crippen molar-refractivity contribution < 1.29 is 9.47 Å². The summed E-state index contributed by atoms with van der Waals surface area (Å²) in [5, 5.41) is 0. The zero-order valence-corrected chi connectivity index (χ0v) is 9.75. The van der Waals surface area contributed by atoms with Crippen LogP contribution in [0.3, 0.4) is 0 Å².